The van der Waals surface area contributed by atoms with Gasteiger partial charge in [-0.2, -0.15) is 10.4 Å². The average Bonchev–Trinajstić information content (AvgIpc) is 2.82. The van der Waals surface area contributed by atoms with Gasteiger partial charge < -0.3 is 4.90 Å². The fraction of sp³-hybridized carbons (Fsp3) is 0.500. The van der Waals surface area contributed by atoms with Gasteiger partial charge in [0.2, 0.25) is 0 Å². The highest BCUT2D eigenvalue weighted by Gasteiger charge is 2.19. The fourth-order valence-corrected chi connectivity index (χ4v) is 2.48. The normalized spacial score (nSPS) is 16.5. The van der Waals surface area contributed by atoms with Crippen LogP contribution < -0.4 is 10.6 Å². The molecule has 8 nitrogen and oxygen atoms in total. The molecule has 0 radical (unpaired) electrons. The SMILES string of the molecule is Cc1nc(N2CCN(CC#N)CC2)cc2n[nH]c(=O)n12. The molecule has 0 saturated carbocycles. The van der Waals surface area contributed by atoms with E-state index in [1.807, 2.05) is 6.07 Å². The summed E-state index contributed by atoms with van der Waals surface area (Å²) in [6.45, 7) is 5.57. The third kappa shape index (κ3) is 2.12. The monoisotopic (exact) mass is 273 g/mol. The molecule has 104 valence electrons. The van der Waals surface area contributed by atoms with Crippen LogP contribution in [0.15, 0.2) is 10.9 Å². The number of hydrogen-bond acceptors (Lipinski definition) is 6. The molecule has 2 aromatic heterocycles. The first kappa shape index (κ1) is 12.6. The molecular weight excluding hydrogens is 258 g/mol. The predicted octanol–water partition coefficient (Wildman–Crippen LogP) is -0.628. The molecular formula is C12H15N7O. The zero-order valence-electron chi connectivity index (χ0n) is 11.2. The van der Waals surface area contributed by atoms with E-state index in [1.54, 1.807) is 6.92 Å². The molecule has 20 heavy (non-hydrogen) atoms. The molecule has 2 aromatic rings. The number of aromatic nitrogens is 4. The average molecular weight is 273 g/mol. The van der Waals surface area contributed by atoms with Gasteiger partial charge in [-0.05, 0) is 6.92 Å². The van der Waals surface area contributed by atoms with Crippen molar-refractivity contribution in [1.29, 1.82) is 5.26 Å². The van der Waals surface area contributed by atoms with Crippen LogP contribution in [0.25, 0.3) is 5.65 Å². The molecule has 0 amide bonds. The minimum absolute atomic E-state index is 0.268. The molecule has 3 rings (SSSR count). The lowest BCUT2D eigenvalue weighted by Crippen LogP contribution is -2.46. The molecule has 0 atom stereocenters. The summed E-state index contributed by atoms with van der Waals surface area (Å²) in [5.41, 5.74) is 0.312. The van der Waals surface area contributed by atoms with Crippen LogP contribution >= 0.6 is 0 Å². The Bertz CT molecular complexity index is 717. The number of H-pyrrole nitrogens is 1. The minimum atomic E-state index is -0.268. The van der Waals surface area contributed by atoms with Crippen molar-refractivity contribution in [3.63, 3.8) is 0 Å². The Kier molecular flexibility index (Phi) is 3.12. The number of aryl methyl sites for hydroxylation is 1. The minimum Gasteiger partial charge on any atom is -0.354 e. The lowest BCUT2D eigenvalue weighted by molar-refractivity contribution is 0.286. The summed E-state index contributed by atoms with van der Waals surface area (Å²) in [5.74, 6) is 1.45. The van der Waals surface area contributed by atoms with Gasteiger partial charge in [0.15, 0.2) is 5.65 Å². The number of fused-ring (bicyclic) bond motifs is 1. The maximum Gasteiger partial charge on any atom is 0.349 e. The second-order valence-electron chi connectivity index (χ2n) is 4.81. The van der Waals surface area contributed by atoms with Gasteiger partial charge in [0, 0.05) is 32.2 Å². The fourth-order valence-electron chi connectivity index (χ4n) is 2.48. The van der Waals surface area contributed by atoms with Crippen molar-refractivity contribution < 1.29 is 0 Å². The van der Waals surface area contributed by atoms with Crippen LogP contribution in [0, 0.1) is 18.3 Å². The molecule has 1 aliphatic heterocycles. The third-order valence-electron chi connectivity index (χ3n) is 3.55. The van der Waals surface area contributed by atoms with Crippen LogP contribution in [-0.2, 0) is 0 Å². The van der Waals surface area contributed by atoms with E-state index in [4.69, 9.17) is 5.26 Å². The number of nitrogens with one attached hydrogen (secondary N) is 1. The van der Waals surface area contributed by atoms with Crippen LogP contribution in [-0.4, -0.2) is 57.2 Å². The highest BCUT2D eigenvalue weighted by Crippen LogP contribution is 2.15. The molecule has 1 saturated heterocycles. The maximum absolute atomic E-state index is 11.6. The maximum atomic E-state index is 11.6. The lowest BCUT2D eigenvalue weighted by Gasteiger charge is -2.34. The van der Waals surface area contributed by atoms with Crippen molar-refractivity contribution in [2.24, 2.45) is 0 Å². The van der Waals surface area contributed by atoms with Gasteiger partial charge in [-0.25, -0.2) is 19.3 Å². The van der Waals surface area contributed by atoms with Gasteiger partial charge in [0.25, 0.3) is 0 Å². The van der Waals surface area contributed by atoms with Gasteiger partial charge in [-0.3, -0.25) is 4.90 Å². The Labute approximate surface area is 115 Å². The van der Waals surface area contributed by atoms with Gasteiger partial charge in [0.1, 0.15) is 11.6 Å². The predicted molar refractivity (Wildman–Crippen MR) is 72.6 cm³/mol. The Morgan fingerprint density at radius 2 is 2.15 bits per heavy atom. The molecule has 8 heteroatoms. The summed E-state index contributed by atoms with van der Waals surface area (Å²) in [7, 11) is 0. The third-order valence-corrected chi connectivity index (χ3v) is 3.55. The van der Waals surface area contributed by atoms with E-state index < -0.39 is 0 Å². The largest absolute Gasteiger partial charge is 0.354 e. The summed E-state index contributed by atoms with van der Waals surface area (Å²) in [5, 5.41) is 15.1. The van der Waals surface area contributed by atoms with E-state index in [-0.39, 0.29) is 5.69 Å². The van der Waals surface area contributed by atoms with Crippen LogP contribution in [0.3, 0.4) is 0 Å². The quantitative estimate of drug-likeness (QED) is 0.732. The summed E-state index contributed by atoms with van der Waals surface area (Å²) in [6, 6.07) is 3.98. The van der Waals surface area contributed by atoms with E-state index in [0.29, 0.717) is 18.0 Å². The van der Waals surface area contributed by atoms with E-state index in [1.165, 1.54) is 4.40 Å². The standard InChI is InChI=1S/C12H15N7O/c1-9-14-10(8-11-15-16-12(20)19(9)11)18-6-4-17(3-2-13)5-7-18/h8H,3-7H2,1H3,(H,16,20). The highest BCUT2D eigenvalue weighted by atomic mass is 16.1. The van der Waals surface area contributed by atoms with Crippen LogP contribution in [0.5, 0.6) is 0 Å². The second kappa shape index (κ2) is 4.94. The van der Waals surface area contributed by atoms with Gasteiger partial charge in [-0.15, -0.1) is 0 Å². The summed E-state index contributed by atoms with van der Waals surface area (Å²) in [4.78, 5) is 20.3. The molecule has 3 heterocycles. The van der Waals surface area contributed by atoms with E-state index in [0.717, 1.165) is 32.0 Å². The Morgan fingerprint density at radius 1 is 1.40 bits per heavy atom. The number of nitrogens with zero attached hydrogens (tertiary/aromatic N) is 6. The van der Waals surface area contributed by atoms with E-state index in [2.05, 4.69) is 31.1 Å². The van der Waals surface area contributed by atoms with Crippen molar-refractivity contribution in [3.8, 4) is 6.07 Å². The summed E-state index contributed by atoms with van der Waals surface area (Å²) < 4.78 is 1.45. The molecule has 1 aliphatic rings. The smallest absolute Gasteiger partial charge is 0.349 e. The topological polar surface area (TPSA) is 93.3 Å². The van der Waals surface area contributed by atoms with Gasteiger partial charge in [0.05, 0.1) is 12.6 Å². The van der Waals surface area contributed by atoms with Gasteiger partial charge >= 0.3 is 5.69 Å². The van der Waals surface area contributed by atoms with Gasteiger partial charge in [-0.1, -0.05) is 0 Å². The second-order valence-corrected chi connectivity index (χ2v) is 4.81. The molecule has 0 aliphatic carbocycles. The number of hydrogen-bond donors (Lipinski definition) is 1. The number of aromatic amines is 1. The van der Waals surface area contributed by atoms with Crippen molar-refractivity contribution >= 4 is 11.5 Å². The van der Waals surface area contributed by atoms with Crippen molar-refractivity contribution in [1.82, 2.24) is 24.5 Å². The highest BCUT2D eigenvalue weighted by molar-refractivity contribution is 5.51. The summed E-state index contributed by atoms with van der Waals surface area (Å²) >= 11 is 0. The Balaban J connectivity index is 1.85. The van der Waals surface area contributed by atoms with Crippen molar-refractivity contribution in [3.05, 3.63) is 22.4 Å². The lowest BCUT2D eigenvalue weighted by atomic mass is 10.3. The zero-order valence-corrected chi connectivity index (χ0v) is 11.2. The first-order valence-electron chi connectivity index (χ1n) is 6.48. The first-order chi connectivity index (χ1) is 9.69. The molecule has 0 unspecified atom stereocenters. The van der Waals surface area contributed by atoms with Crippen LogP contribution in [0.1, 0.15) is 5.82 Å². The van der Waals surface area contributed by atoms with Crippen molar-refractivity contribution in [2.45, 2.75) is 6.92 Å². The molecule has 1 fully saturated rings. The first-order valence-corrected chi connectivity index (χ1v) is 6.48. The van der Waals surface area contributed by atoms with Crippen LogP contribution in [0.4, 0.5) is 5.82 Å². The van der Waals surface area contributed by atoms with E-state index in [9.17, 15) is 4.79 Å². The molecule has 0 spiro atoms. The summed E-state index contributed by atoms with van der Waals surface area (Å²) in [6.07, 6.45) is 0. The number of nitriles is 1. The molecule has 0 aromatic carbocycles. The van der Waals surface area contributed by atoms with E-state index >= 15 is 0 Å². The number of rotatable bonds is 2. The van der Waals surface area contributed by atoms with Crippen LogP contribution in [0.2, 0.25) is 0 Å². The van der Waals surface area contributed by atoms with Crippen molar-refractivity contribution in [2.75, 3.05) is 37.6 Å². The number of piperazine rings is 1. The molecule has 1 N–H and O–H groups in total. The Morgan fingerprint density at radius 3 is 2.85 bits per heavy atom. The molecule has 0 bridgehead atoms. The number of anilines is 1. The Hall–Kier alpha value is -2.40. The zero-order chi connectivity index (χ0) is 14.1.